The van der Waals surface area contributed by atoms with Gasteiger partial charge in [-0.05, 0) is 43.3 Å². The molecule has 31 heavy (non-hydrogen) atoms. The Morgan fingerprint density at radius 2 is 1.87 bits per heavy atom. The number of amides is 1. The molecule has 1 aliphatic heterocycles. The van der Waals surface area contributed by atoms with E-state index in [1.165, 1.54) is 7.11 Å². The van der Waals surface area contributed by atoms with Crippen molar-refractivity contribution < 1.29 is 23.1 Å². The van der Waals surface area contributed by atoms with E-state index < -0.39 is 5.76 Å². The van der Waals surface area contributed by atoms with Crippen molar-refractivity contribution in [3.63, 3.8) is 0 Å². The van der Waals surface area contributed by atoms with E-state index >= 15 is 0 Å². The van der Waals surface area contributed by atoms with E-state index in [0.29, 0.717) is 34.5 Å². The molecule has 0 aromatic heterocycles. The van der Waals surface area contributed by atoms with Gasteiger partial charge in [0, 0.05) is 36.3 Å². The Kier molecular flexibility index (Phi) is 7.86. The maximum absolute atomic E-state index is 12.7. The molecule has 1 heterocycles. The lowest BCUT2D eigenvalue weighted by Crippen LogP contribution is -2.53. The molecule has 0 radical (unpaired) electrons. The summed E-state index contributed by atoms with van der Waals surface area (Å²) >= 11 is 0.418. The molecule has 1 fully saturated rings. The van der Waals surface area contributed by atoms with Crippen LogP contribution in [0.4, 0.5) is 20.2 Å². The third kappa shape index (κ3) is 6.18. The van der Waals surface area contributed by atoms with E-state index in [2.05, 4.69) is 15.1 Å². The van der Waals surface area contributed by atoms with Crippen LogP contribution in [-0.4, -0.2) is 61.9 Å². The number of rotatable bonds is 7. The first-order valence-electron chi connectivity index (χ1n) is 9.88. The molecule has 9 heteroatoms. The molecular weight excluding hydrogens is 424 g/mol. The first-order valence-corrected chi connectivity index (χ1v) is 10.8. The van der Waals surface area contributed by atoms with Crippen molar-refractivity contribution in [2.45, 2.75) is 23.6 Å². The summed E-state index contributed by atoms with van der Waals surface area (Å²) in [5, 5.41) is 2.76. The van der Waals surface area contributed by atoms with Crippen LogP contribution in [-0.2, 0) is 9.53 Å². The predicted molar refractivity (Wildman–Crippen MR) is 118 cm³/mol. The first-order chi connectivity index (χ1) is 14.9. The number of para-hydroxylation sites is 1. The highest BCUT2D eigenvalue weighted by molar-refractivity contribution is 7.99. The summed E-state index contributed by atoms with van der Waals surface area (Å²) in [5.41, 5.74) is 1.90. The Hall–Kier alpha value is -2.65. The average molecular weight is 450 g/mol. The molecule has 1 unspecified atom stereocenters. The van der Waals surface area contributed by atoms with E-state index in [4.69, 9.17) is 4.74 Å². The van der Waals surface area contributed by atoms with Crippen molar-refractivity contribution in [3.05, 3.63) is 54.1 Å². The molecule has 166 valence electrons. The van der Waals surface area contributed by atoms with Crippen molar-refractivity contribution in [2.24, 2.45) is 0 Å². The molecule has 1 amide bonds. The normalized spacial score (nSPS) is 16.9. The van der Waals surface area contributed by atoms with Crippen LogP contribution in [0.3, 0.4) is 0 Å². The summed E-state index contributed by atoms with van der Waals surface area (Å²) in [7, 11) is 1.35. The second-order valence-corrected chi connectivity index (χ2v) is 8.26. The van der Waals surface area contributed by atoms with Gasteiger partial charge in [0.1, 0.15) is 0 Å². The monoisotopic (exact) mass is 449 g/mol. The summed E-state index contributed by atoms with van der Waals surface area (Å²) in [6.45, 7) is 4.36. The third-order valence-electron chi connectivity index (χ3n) is 5.14. The number of carbonyl (C=O) groups excluding carboxylic acids is 2. The van der Waals surface area contributed by atoms with Gasteiger partial charge in [-0.25, -0.2) is 4.79 Å². The van der Waals surface area contributed by atoms with Gasteiger partial charge in [0.15, 0.2) is 0 Å². The SMILES string of the molecule is COC(=O)c1ccc(N2CCN(CC(=O)Nc3ccccc3SC(F)F)C(C)C2)cc1. The lowest BCUT2D eigenvalue weighted by molar-refractivity contribution is -0.117. The summed E-state index contributed by atoms with van der Waals surface area (Å²) in [5.74, 6) is -3.15. The molecule has 1 aliphatic rings. The fraction of sp³-hybridized carbons (Fsp3) is 0.364. The number of carbonyl (C=O) groups is 2. The Labute approximate surface area is 184 Å². The van der Waals surface area contributed by atoms with Gasteiger partial charge in [0.25, 0.3) is 5.76 Å². The number of methoxy groups -OCH3 is 1. The molecular formula is C22H25F2N3O3S. The number of hydrogen-bond acceptors (Lipinski definition) is 6. The minimum Gasteiger partial charge on any atom is -0.465 e. The number of benzene rings is 2. The van der Waals surface area contributed by atoms with Crippen LogP contribution in [0.2, 0.25) is 0 Å². The molecule has 0 bridgehead atoms. The summed E-state index contributed by atoms with van der Waals surface area (Å²) in [4.78, 5) is 28.7. The average Bonchev–Trinajstić information content (AvgIpc) is 2.75. The Bertz CT molecular complexity index is 911. The molecule has 0 spiro atoms. The second kappa shape index (κ2) is 10.6. The van der Waals surface area contributed by atoms with Gasteiger partial charge in [0.05, 0.1) is 24.9 Å². The number of thioether (sulfide) groups is 1. The van der Waals surface area contributed by atoms with Crippen LogP contribution < -0.4 is 10.2 Å². The predicted octanol–water partition coefficient (Wildman–Crippen LogP) is 3.94. The summed E-state index contributed by atoms with van der Waals surface area (Å²) in [6, 6.07) is 13.9. The van der Waals surface area contributed by atoms with E-state index in [0.717, 1.165) is 18.8 Å². The van der Waals surface area contributed by atoms with E-state index in [1.54, 1.807) is 36.4 Å². The molecule has 0 aliphatic carbocycles. The lowest BCUT2D eigenvalue weighted by Gasteiger charge is -2.40. The topological polar surface area (TPSA) is 61.9 Å². The molecule has 6 nitrogen and oxygen atoms in total. The van der Waals surface area contributed by atoms with Gasteiger partial charge in [-0.1, -0.05) is 23.9 Å². The van der Waals surface area contributed by atoms with Gasteiger partial charge >= 0.3 is 5.97 Å². The highest BCUT2D eigenvalue weighted by atomic mass is 32.2. The standard InChI is InChI=1S/C22H25F2N3O3S/c1-15-13-27(17-9-7-16(8-10-17)21(29)30-2)12-11-26(15)14-20(28)25-18-5-3-4-6-19(18)31-22(23)24/h3-10,15,22H,11-14H2,1-2H3,(H,25,28). The van der Waals surface area contributed by atoms with E-state index in [-0.39, 0.29) is 24.5 Å². The van der Waals surface area contributed by atoms with Crippen LogP contribution >= 0.6 is 11.8 Å². The maximum Gasteiger partial charge on any atom is 0.337 e. The minimum atomic E-state index is -2.55. The van der Waals surface area contributed by atoms with Crippen LogP contribution in [0.15, 0.2) is 53.4 Å². The fourth-order valence-corrected chi connectivity index (χ4v) is 4.13. The molecule has 1 atom stereocenters. The van der Waals surface area contributed by atoms with Gasteiger partial charge in [-0.15, -0.1) is 0 Å². The zero-order valence-electron chi connectivity index (χ0n) is 17.4. The number of anilines is 2. The van der Waals surface area contributed by atoms with Crippen molar-refractivity contribution in [3.8, 4) is 0 Å². The van der Waals surface area contributed by atoms with Crippen molar-refractivity contribution >= 4 is 35.0 Å². The van der Waals surface area contributed by atoms with Gasteiger partial charge in [-0.2, -0.15) is 8.78 Å². The Morgan fingerprint density at radius 1 is 1.16 bits per heavy atom. The fourth-order valence-electron chi connectivity index (χ4n) is 3.53. The second-order valence-electron chi connectivity index (χ2n) is 7.23. The number of halogens is 2. The third-order valence-corrected chi connectivity index (χ3v) is 5.93. The molecule has 1 N–H and O–H groups in total. The molecule has 3 rings (SSSR count). The largest absolute Gasteiger partial charge is 0.465 e. The van der Waals surface area contributed by atoms with E-state index in [9.17, 15) is 18.4 Å². The summed E-state index contributed by atoms with van der Waals surface area (Å²) in [6.07, 6.45) is 0. The van der Waals surface area contributed by atoms with Crippen LogP contribution in [0.5, 0.6) is 0 Å². The van der Waals surface area contributed by atoms with E-state index in [1.807, 2.05) is 19.1 Å². The molecule has 1 saturated heterocycles. The Balaban J connectivity index is 1.56. The highest BCUT2D eigenvalue weighted by Crippen LogP contribution is 2.31. The van der Waals surface area contributed by atoms with Gasteiger partial charge < -0.3 is 15.0 Å². The maximum atomic E-state index is 12.7. The number of nitrogens with one attached hydrogen (secondary N) is 1. The van der Waals surface area contributed by atoms with Crippen molar-refractivity contribution in [1.29, 1.82) is 0 Å². The number of esters is 1. The summed E-state index contributed by atoms with van der Waals surface area (Å²) < 4.78 is 30.2. The van der Waals surface area contributed by atoms with Gasteiger partial charge in [-0.3, -0.25) is 9.69 Å². The van der Waals surface area contributed by atoms with Crippen LogP contribution in [0.25, 0.3) is 0 Å². The zero-order chi connectivity index (χ0) is 22.4. The van der Waals surface area contributed by atoms with Crippen molar-refractivity contribution in [2.75, 3.05) is 43.5 Å². The smallest absolute Gasteiger partial charge is 0.337 e. The first kappa shape index (κ1) is 23.0. The number of ether oxygens (including phenoxy) is 1. The van der Waals surface area contributed by atoms with Crippen LogP contribution in [0, 0.1) is 0 Å². The quantitative estimate of drug-likeness (QED) is 0.511. The zero-order valence-corrected chi connectivity index (χ0v) is 18.2. The highest BCUT2D eigenvalue weighted by Gasteiger charge is 2.26. The van der Waals surface area contributed by atoms with Crippen molar-refractivity contribution in [1.82, 2.24) is 4.90 Å². The minimum absolute atomic E-state index is 0.116. The molecule has 2 aromatic carbocycles. The van der Waals surface area contributed by atoms with Gasteiger partial charge in [0.2, 0.25) is 5.91 Å². The molecule has 2 aromatic rings. The number of piperazine rings is 1. The lowest BCUT2D eigenvalue weighted by atomic mass is 10.1. The number of hydrogen-bond donors (Lipinski definition) is 1. The van der Waals surface area contributed by atoms with Crippen LogP contribution in [0.1, 0.15) is 17.3 Å². The number of nitrogens with zero attached hydrogens (tertiary/aromatic N) is 2. The Morgan fingerprint density at radius 3 is 2.52 bits per heavy atom. The molecule has 0 saturated carbocycles. The number of alkyl halides is 2.